The fourth-order valence-electron chi connectivity index (χ4n) is 3.17. The molecule has 1 aliphatic rings. The first kappa shape index (κ1) is 20.6. The van der Waals surface area contributed by atoms with Crippen molar-refractivity contribution in [1.29, 1.82) is 0 Å². The smallest absolute Gasteiger partial charge is 0.357 e. The number of carbonyl (C=O) groups is 2. The van der Waals surface area contributed by atoms with Crippen LogP contribution >= 0.6 is 11.3 Å². The van der Waals surface area contributed by atoms with Crippen molar-refractivity contribution in [3.8, 4) is 22.4 Å². The van der Waals surface area contributed by atoms with E-state index in [1.807, 2.05) is 0 Å². The number of aliphatic hydroxyl groups is 1. The molecule has 158 valence electrons. The number of likely N-dealkylation sites (N-methyl/N-ethyl adjacent to an activating group) is 1. The van der Waals surface area contributed by atoms with Crippen LogP contribution in [0.5, 0.6) is 0 Å². The number of anilines is 2. The fraction of sp³-hybridized carbons (Fsp3) is 0.238. The number of hydrogen-bond acceptors (Lipinski definition) is 7. The van der Waals surface area contributed by atoms with E-state index in [1.165, 1.54) is 16.2 Å². The van der Waals surface area contributed by atoms with E-state index in [-0.39, 0.29) is 12.1 Å². The number of thiazole rings is 1. The van der Waals surface area contributed by atoms with Crippen molar-refractivity contribution in [3.63, 3.8) is 0 Å². The average Bonchev–Trinajstić information content (AvgIpc) is 3.42. The Kier molecular flexibility index (Phi) is 5.22. The molecule has 1 aromatic carbocycles. The lowest BCUT2D eigenvalue weighted by Crippen LogP contribution is -2.37. The molecule has 10 heteroatoms. The van der Waals surface area contributed by atoms with Crippen molar-refractivity contribution < 1.29 is 19.8 Å². The van der Waals surface area contributed by atoms with E-state index in [0.717, 1.165) is 0 Å². The second-order valence-electron chi connectivity index (χ2n) is 7.20. The molecule has 4 rings (SSSR count). The number of carbonyl (C=O) groups excluding carboxylic acids is 1. The Hall–Kier alpha value is -3.68. The van der Waals surface area contributed by atoms with E-state index in [2.05, 4.69) is 27.2 Å². The van der Waals surface area contributed by atoms with Gasteiger partial charge in [0.25, 0.3) is 5.91 Å². The van der Waals surface area contributed by atoms with Gasteiger partial charge < -0.3 is 20.4 Å². The molecule has 9 nitrogen and oxygen atoms in total. The lowest BCUT2D eigenvalue weighted by Gasteiger charge is -2.13. The van der Waals surface area contributed by atoms with E-state index in [4.69, 9.17) is 0 Å². The molecule has 3 aromatic rings. The molecule has 0 aliphatic carbocycles. The van der Waals surface area contributed by atoms with Gasteiger partial charge in [-0.2, -0.15) is 5.10 Å². The van der Waals surface area contributed by atoms with Crippen molar-refractivity contribution in [2.24, 2.45) is 7.05 Å². The summed E-state index contributed by atoms with van der Waals surface area (Å²) >= 11 is 1.20. The Labute approximate surface area is 182 Å². The zero-order valence-electron chi connectivity index (χ0n) is 16.8. The summed E-state index contributed by atoms with van der Waals surface area (Å²) in [6.45, 7) is 0.452. The van der Waals surface area contributed by atoms with Crippen LogP contribution in [-0.4, -0.2) is 60.9 Å². The second-order valence-corrected chi connectivity index (χ2v) is 8.20. The van der Waals surface area contributed by atoms with Crippen molar-refractivity contribution in [3.05, 3.63) is 47.9 Å². The molecule has 3 N–H and O–H groups in total. The lowest BCUT2D eigenvalue weighted by molar-refractivity contribution is -0.137. The number of carboxylic acid groups (broad SMARTS) is 1. The number of amides is 1. The molecule has 31 heavy (non-hydrogen) atoms. The van der Waals surface area contributed by atoms with Gasteiger partial charge in [0.1, 0.15) is 10.0 Å². The van der Waals surface area contributed by atoms with Crippen molar-refractivity contribution in [2.45, 2.75) is 12.0 Å². The van der Waals surface area contributed by atoms with Crippen molar-refractivity contribution >= 4 is 33.9 Å². The van der Waals surface area contributed by atoms with Crippen LogP contribution in [0.25, 0.3) is 10.6 Å². The number of aryl methyl sites for hydroxylation is 1. The van der Waals surface area contributed by atoms with Gasteiger partial charge in [-0.05, 0) is 12.1 Å². The van der Waals surface area contributed by atoms with Crippen LogP contribution in [0.1, 0.15) is 22.5 Å². The van der Waals surface area contributed by atoms with Crippen LogP contribution in [0.4, 0.5) is 10.7 Å². The maximum atomic E-state index is 12.1. The normalized spacial score (nSPS) is 18.0. The third-order valence-electron chi connectivity index (χ3n) is 4.83. The highest BCUT2D eigenvalue weighted by Gasteiger charge is 2.42. The van der Waals surface area contributed by atoms with E-state index in [1.54, 1.807) is 55.4 Å². The number of benzene rings is 1. The summed E-state index contributed by atoms with van der Waals surface area (Å²) in [5.41, 5.74) is 0.152. The third kappa shape index (κ3) is 4.14. The molecule has 0 spiro atoms. The van der Waals surface area contributed by atoms with E-state index in [9.17, 15) is 19.8 Å². The highest BCUT2D eigenvalue weighted by Crippen LogP contribution is 2.34. The molecule has 2 aromatic heterocycles. The van der Waals surface area contributed by atoms with Gasteiger partial charge in [-0.3, -0.25) is 9.48 Å². The number of nitrogens with one attached hydrogen (secondary N) is 1. The number of aromatic nitrogens is 3. The highest BCUT2D eigenvalue weighted by molar-refractivity contribution is 7.19. The molecule has 1 fully saturated rings. The molecule has 3 heterocycles. The summed E-state index contributed by atoms with van der Waals surface area (Å²) in [5.74, 6) is 3.99. The minimum absolute atomic E-state index is 0.0887. The van der Waals surface area contributed by atoms with Gasteiger partial charge in [0.15, 0.2) is 5.69 Å². The Morgan fingerprint density at radius 3 is 2.81 bits per heavy atom. The summed E-state index contributed by atoms with van der Waals surface area (Å²) < 4.78 is 1.60. The largest absolute Gasteiger partial charge is 0.476 e. The van der Waals surface area contributed by atoms with Gasteiger partial charge in [0.2, 0.25) is 5.60 Å². The molecule has 0 radical (unpaired) electrons. The number of hydrogen-bond donors (Lipinski definition) is 3. The molecule has 1 saturated heterocycles. The van der Waals surface area contributed by atoms with Crippen LogP contribution in [0.15, 0.2) is 36.7 Å². The fourth-order valence-corrected chi connectivity index (χ4v) is 4.14. The average molecular weight is 437 g/mol. The maximum absolute atomic E-state index is 12.1. The highest BCUT2D eigenvalue weighted by atomic mass is 32.1. The van der Waals surface area contributed by atoms with Crippen LogP contribution < -0.4 is 5.32 Å². The van der Waals surface area contributed by atoms with E-state index < -0.39 is 17.5 Å². The van der Waals surface area contributed by atoms with Gasteiger partial charge in [0.05, 0.1) is 11.9 Å². The zero-order chi connectivity index (χ0) is 22.2. The van der Waals surface area contributed by atoms with E-state index in [0.29, 0.717) is 33.4 Å². The van der Waals surface area contributed by atoms with Crippen LogP contribution in [0.3, 0.4) is 0 Å². The SMILES string of the molecule is CN1CC[C@@](O)(C#Cc2cccc(-c3nc(C(=O)O)c(Nc4cnn(C)c4)s3)c2)C1=O. The molecule has 0 unspecified atom stereocenters. The first-order valence-corrected chi connectivity index (χ1v) is 10.2. The van der Waals surface area contributed by atoms with Crippen molar-refractivity contribution in [1.82, 2.24) is 19.7 Å². The number of likely N-dealkylation sites (tertiary alicyclic amines) is 1. The number of rotatable bonds is 4. The Bertz CT molecular complexity index is 1240. The van der Waals surface area contributed by atoms with Crippen LogP contribution in [-0.2, 0) is 11.8 Å². The minimum atomic E-state index is -1.68. The second kappa shape index (κ2) is 7.86. The predicted molar refractivity (Wildman–Crippen MR) is 115 cm³/mol. The Morgan fingerprint density at radius 2 is 2.16 bits per heavy atom. The predicted octanol–water partition coefficient (Wildman–Crippen LogP) is 1.93. The van der Waals surface area contributed by atoms with Crippen LogP contribution in [0.2, 0.25) is 0 Å². The molecular weight excluding hydrogens is 418 g/mol. The van der Waals surface area contributed by atoms with E-state index >= 15 is 0 Å². The first-order valence-electron chi connectivity index (χ1n) is 9.36. The van der Waals surface area contributed by atoms with Crippen LogP contribution in [0, 0.1) is 11.8 Å². The monoisotopic (exact) mass is 437 g/mol. The maximum Gasteiger partial charge on any atom is 0.357 e. The summed E-state index contributed by atoms with van der Waals surface area (Å²) in [6, 6.07) is 7.07. The lowest BCUT2D eigenvalue weighted by atomic mass is 10.0. The number of aromatic carboxylic acids is 1. The molecule has 1 atom stereocenters. The summed E-state index contributed by atoms with van der Waals surface area (Å²) in [6.07, 6.45) is 3.58. The van der Waals surface area contributed by atoms with Gasteiger partial charge >= 0.3 is 5.97 Å². The Balaban J connectivity index is 1.64. The first-order chi connectivity index (χ1) is 14.7. The number of carboxylic acids is 1. The summed E-state index contributed by atoms with van der Waals surface area (Å²) in [7, 11) is 3.39. The number of nitrogens with zero attached hydrogens (tertiary/aromatic N) is 4. The topological polar surface area (TPSA) is 121 Å². The summed E-state index contributed by atoms with van der Waals surface area (Å²) in [4.78, 5) is 29.5. The van der Waals surface area contributed by atoms with Gasteiger partial charge in [-0.25, -0.2) is 9.78 Å². The van der Waals surface area contributed by atoms with Gasteiger partial charge in [-0.1, -0.05) is 35.3 Å². The van der Waals surface area contributed by atoms with Gasteiger partial charge in [0, 0.05) is 44.4 Å². The third-order valence-corrected chi connectivity index (χ3v) is 5.85. The van der Waals surface area contributed by atoms with Gasteiger partial charge in [-0.15, -0.1) is 0 Å². The Morgan fingerprint density at radius 1 is 1.35 bits per heavy atom. The molecule has 0 saturated carbocycles. The molecular formula is C21H19N5O4S. The minimum Gasteiger partial charge on any atom is -0.476 e. The van der Waals surface area contributed by atoms with Crippen molar-refractivity contribution in [2.75, 3.05) is 18.9 Å². The summed E-state index contributed by atoms with van der Waals surface area (Å²) in [5, 5.41) is 28.0. The molecule has 1 amide bonds. The standard InChI is InChI=1S/C21H19N5O4S/c1-25-9-8-21(30,20(25)29)7-6-13-4-3-5-14(10-13)17-24-16(19(27)28)18(31-17)23-15-11-22-26(2)12-15/h3-5,10-12,23,30H,8-9H2,1-2H3,(H,27,28)/t21-/m0/s1. The zero-order valence-corrected chi connectivity index (χ0v) is 17.6. The quantitative estimate of drug-likeness (QED) is 0.534. The molecule has 1 aliphatic heterocycles. The molecule has 0 bridgehead atoms.